The normalized spacial score (nSPS) is 12.0. The molecule has 2 aromatic rings. The molecule has 0 saturated heterocycles. The first kappa shape index (κ1) is 19.4. The highest BCUT2D eigenvalue weighted by atomic mass is 35.5. The van der Waals surface area contributed by atoms with Crippen molar-refractivity contribution in [3.8, 4) is 0 Å². The molecule has 0 amide bonds. The van der Waals surface area contributed by atoms with Crippen LogP contribution < -0.4 is 11.3 Å². The van der Waals surface area contributed by atoms with Crippen molar-refractivity contribution in [2.24, 2.45) is 5.73 Å². The van der Waals surface area contributed by atoms with Crippen LogP contribution in [0, 0.1) is 0 Å². The summed E-state index contributed by atoms with van der Waals surface area (Å²) in [5, 5.41) is 4.39. The molecule has 0 saturated carbocycles. The quantitative estimate of drug-likeness (QED) is 0.801. The first-order chi connectivity index (χ1) is 11.8. The first-order valence-electron chi connectivity index (χ1n) is 8.16. The monoisotopic (exact) mass is 361 g/mol. The second-order valence-corrected chi connectivity index (χ2v) is 7.10. The van der Waals surface area contributed by atoms with Gasteiger partial charge in [-0.15, -0.1) is 0 Å². The molecule has 5 nitrogen and oxygen atoms in total. The third kappa shape index (κ3) is 5.26. The van der Waals surface area contributed by atoms with Crippen LogP contribution in [0.4, 0.5) is 0 Å². The van der Waals surface area contributed by atoms with Crippen LogP contribution in [-0.4, -0.2) is 22.9 Å². The molecule has 0 fully saturated rings. The van der Waals surface area contributed by atoms with E-state index in [0.717, 1.165) is 11.1 Å². The molecular formula is C19H24ClN3O2. The standard InChI is InChI=1S/C19H24ClN3O2/c1-19(2,3)23-18(24)17(20)16(12-22-23)9-8-14-4-6-15(7-5-14)13-25-11-10-21/h4-9,12H,10-11,13,21H2,1-3H3. The second kappa shape index (κ2) is 8.43. The molecule has 0 radical (unpaired) electrons. The van der Waals surface area contributed by atoms with Gasteiger partial charge in [0, 0.05) is 12.1 Å². The van der Waals surface area contributed by atoms with Gasteiger partial charge in [0.25, 0.3) is 5.56 Å². The van der Waals surface area contributed by atoms with E-state index in [0.29, 0.717) is 25.3 Å². The van der Waals surface area contributed by atoms with E-state index in [1.165, 1.54) is 4.68 Å². The van der Waals surface area contributed by atoms with Crippen molar-refractivity contribution in [2.45, 2.75) is 32.9 Å². The highest BCUT2D eigenvalue weighted by Gasteiger charge is 2.18. The minimum Gasteiger partial charge on any atom is -0.375 e. The Kier molecular flexibility index (Phi) is 6.53. The zero-order valence-corrected chi connectivity index (χ0v) is 15.6. The molecule has 2 rings (SSSR count). The van der Waals surface area contributed by atoms with Gasteiger partial charge in [0.2, 0.25) is 0 Å². The fourth-order valence-electron chi connectivity index (χ4n) is 2.22. The van der Waals surface area contributed by atoms with Crippen LogP contribution in [0.2, 0.25) is 5.02 Å². The first-order valence-corrected chi connectivity index (χ1v) is 8.54. The predicted octanol–water partition coefficient (Wildman–Crippen LogP) is 3.30. The smallest absolute Gasteiger partial charge is 0.286 e. The molecule has 0 aliphatic rings. The molecular weight excluding hydrogens is 338 g/mol. The number of nitrogens with two attached hydrogens (primary N) is 1. The summed E-state index contributed by atoms with van der Waals surface area (Å²) in [5.41, 5.74) is 7.37. The molecule has 0 aliphatic carbocycles. The second-order valence-electron chi connectivity index (χ2n) is 6.72. The fraction of sp³-hybridized carbons (Fsp3) is 0.368. The highest BCUT2D eigenvalue weighted by molar-refractivity contribution is 6.31. The van der Waals surface area contributed by atoms with Crippen LogP contribution in [0.25, 0.3) is 12.2 Å². The number of nitrogens with zero attached hydrogens (tertiary/aromatic N) is 2. The molecule has 0 aliphatic heterocycles. The van der Waals surface area contributed by atoms with E-state index in [2.05, 4.69) is 5.10 Å². The number of benzene rings is 1. The molecule has 0 spiro atoms. The lowest BCUT2D eigenvalue weighted by Crippen LogP contribution is -2.36. The van der Waals surface area contributed by atoms with E-state index in [1.807, 2.05) is 51.1 Å². The van der Waals surface area contributed by atoms with Crippen molar-refractivity contribution in [1.82, 2.24) is 9.78 Å². The maximum Gasteiger partial charge on any atom is 0.286 e. The Morgan fingerprint density at radius 3 is 2.52 bits per heavy atom. The minimum absolute atomic E-state index is 0.174. The summed E-state index contributed by atoms with van der Waals surface area (Å²) in [5.74, 6) is 0. The maximum absolute atomic E-state index is 12.3. The van der Waals surface area contributed by atoms with Gasteiger partial charge in [-0.05, 0) is 31.9 Å². The van der Waals surface area contributed by atoms with Crippen molar-refractivity contribution in [1.29, 1.82) is 0 Å². The van der Waals surface area contributed by atoms with E-state index in [1.54, 1.807) is 12.3 Å². The lowest BCUT2D eigenvalue weighted by atomic mass is 10.1. The molecule has 25 heavy (non-hydrogen) atoms. The van der Waals surface area contributed by atoms with Gasteiger partial charge in [0.05, 0.1) is 24.9 Å². The Bertz CT molecular complexity index is 790. The molecule has 0 atom stereocenters. The van der Waals surface area contributed by atoms with Gasteiger partial charge in [-0.1, -0.05) is 48.0 Å². The Labute approximate surface area is 153 Å². The number of aromatic nitrogens is 2. The van der Waals surface area contributed by atoms with E-state index >= 15 is 0 Å². The summed E-state index contributed by atoms with van der Waals surface area (Å²) < 4.78 is 6.79. The molecule has 1 aromatic carbocycles. The van der Waals surface area contributed by atoms with Gasteiger partial charge in [-0.2, -0.15) is 5.10 Å². The summed E-state index contributed by atoms with van der Waals surface area (Å²) in [6.07, 6.45) is 5.30. The molecule has 134 valence electrons. The van der Waals surface area contributed by atoms with E-state index in [-0.39, 0.29) is 10.6 Å². The van der Waals surface area contributed by atoms with Crippen LogP contribution in [0.15, 0.2) is 35.3 Å². The number of rotatable bonds is 6. The summed E-state index contributed by atoms with van der Waals surface area (Å²) in [7, 11) is 0. The van der Waals surface area contributed by atoms with E-state index in [4.69, 9.17) is 22.1 Å². The van der Waals surface area contributed by atoms with Crippen molar-refractivity contribution in [3.05, 3.63) is 62.5 Å². The Balaban J connectivity index is 2.14. The minimum atomic E-state index is -0.412. The number of halogens is 1. The molecule has 0 unspecified atom stereocenters. The molecule has 2 N–H and O–H groups in total. The molecule has 6 heteroatoms. The lowest BCUT2D eigenvalue weighted by molar-refractivity contribution is 0.128. The number of ether oxygens (including phenoxy) is 1. The zero-order chi connectivity index (χ0) is 18.4. The van der Waals surface area contributed by atoms with E-state index in [9.17, 15) is 4.79 Å². The lowest BCUT2D eigenvalue weighted by Gasteiger charge is -2.20. The number of hydrogen-bond acceptors (Lipinski definition) is 4. The van der Waals surface area contributed by atoms with Gasteiger partial charge in [0.1, 0.15) is 5.02 Å². The van der Waals surface area contributed by atoms with Crippen molar-refractivity contribution in [2.75, 3.05) is 13.2 Å². The van der Waals surface area contributed by atoms with Gasteiger partial charge in [0.15, 0.2) is 0 Å². The average Bonchev–Trinajstić information content (AvgIpc) is 2.56. The third-order valence-electron chi connectivity index (χ3n) is 3.55. The Morgan fingerprint density at radius 2 is 1.92 bits per heavy atom. The van der Waals surface area contributed by atoms with Gasteiger partial charge >= 0.3 is 0 Å². The van der Waals surface area contributed by atoms with Crippen molar-refractivity contribution < 1.29 is 4.74 Å². The van der Waals surface area contributed by atoms with Crippen molar-refractivity contribution >= 4 is 23.8 Å². The third-order valence-corrected chi connectivity index (χ3v) is 3.93. The van der Waals surface area contributed by atoms with E-state index < -0.39 is 5.54 Å². The van der Waals surface area contributed by atoms with Crippen LogP contribution in [0.3, 0.4) is 0 Å². The largest absolute Gasteiger partial charge is 0.375 e. The summed E-state index contributed by atoms with van der Waals surface area (Å²) >= 11 is 6.22. The Morgan fingerprint density at radius 1 is 1.24 bits per heavy atom. The SMILES string of the molecule is CC(C)(C)n1ncc(C=Cc2ccc(COCCN)cc2)c(Cl)c1=O. The maximum atomic E-state index is 12.3. The topological polar surface area (TPSA) is 70.1 Å². The zero-order valence-electron chi connectivity index (χ0n) is 14.8. The summed E-state index contributed by atoms with van der Waals surface area (Å²) in [6, 6.07) is 7.95. The number of hydrogen-bond donors (Lipinski definition) is 1. The summed E-state index contributed by atoms with van der Waals surface area (Å²) in [6.45, 7) is 7.34. The molecule has 1 aromatic heterocycles. The van der Waals surface area contributed by atoms with Gasteiger partial charge in [-0.3, -0.25) is 4.79 Å². The van der Waals surface area contributed by atoms with Crippen LogP contribution in [0.1, 0.15) is 37.5 Å². The van der Waals surface area contributed by atoms with Crippen LogP contribution >= 0.6 is 11.6 Å². The van der Waals surface area contributed by atoms with Gasteiger partial charge < -0.3 is 10.5 Å². The fourth-order valence-corrected chi connectivity index (χ4v) is 2.42. The van der Waals surface area contributed by atoms with Crippen LogP contribution in [0.5, 0.6) is 0 Å². The Hall–Kier alpha value is -1.95. The predicted molar refractivity (Wildman–Crippen MR) is 103 cm³/mol. The summed E-state index contributed by atoms with van der Waals surface area (Å²) in [4.78, 5) is 12.3. The van der Waals surface area contributed by atoms with Crippen LogP contribution in [-0.2, 0) is 16.9 Å². The van der Waals surface area contributed by atoms with Gasteiger partial charge in [-0.25, -0.2) is 4.68 Å². The highest BCUT2D eigenvalue weighted by Crippen LogP contribution is 2.17. The molecule has 0 bridgehead atoms. The molecule has 1 heterocycles. The average molecular weight is 362 g/mol. The van der Waals surface area contributed by atoms with Crippen molar-refractivity contribution in [3.63, 3.8) is 0 Å².